The van der Waals surface area contributed by atoms with E-state index in [4.69, 9.17) is 4.74 Å². The van der Waals surface area contributed by atoms with Crippen LogP contribution in [0.3, 0.4) is 0 Å². The van der Waals surface area contributed by atoms with Crippen LogP contribution >= 0.6 is 31.9 Å². The molecule has 0 aliphatic carbocycles. The molecule has 0 aromatic heterocycles. The fourth-order valence-electron chi connectivity index (χ4n) is 2.57. The number of ether oxygens (including phenoxy) is 1. The third kappa shape index (κ3) is 4.11. The summed E-state index contributed by atoms with van der Waals surface area (Å²) in [4.78, 5) is 13.0. The number of hydrogen-bond acceptors (Lipinski definition) is 3. The predicted molar refractivity (Wildman–Crippen MR) is 108 cm³/mol. The van der Waals surface area contributed by atoms with Crippen molar-refractivity contribution >= 4 is 49.6 Å². The average molecular weight is 461 g/mol. The first-order valence-electron chi connectivity index (χ1n) is 7.59. The van der Waals surface area contributed by atoms with E-state index in [1.807, 2.05) is 48.5 Å². The second kappa shape index (κ2) is 7.85. The summed E-state index contributed by atoms with van der Waals surface area (Å²) in [6.07, 6.45) is 3.99. The summed E-state index contributed by atoms with van der Waals surface area (Å²) in [5, 5.41) is 0. The van der Waals surface area contributed by atoms with Gasteiger partial charge in [0, 0.05) is 20.2 Å². The molecule has 0 unspecified atom stereocenters. The van der Waals surface area contributed by atoms with E-state index in [0.29, 0.717) is 18.1 Å². The highest BCUT2D eigenvalue weighted by Gasteiger charge is 2.24. The summed E-state index contributed by atoms with van der Waals surface area (Å²) >= 11 is 6.90. The van der Waals surface area contributed by atoms with Crippen molar-refractivity contribution < 1.29 is 9.53 Å². The van der Waals surface area contributed by atoms with Gasteiger partial charge in [-0.05, 0) is 48.6 Å². The van der Waals surface area contributed by atoms with Gasteiger partial charge in [-0.3, -0.25) is 4.79 Å². The first kappa shape index (κ1) is 17.7. The Balaban J connectivity index is 2.15. The summed E-state index contributed by atoms with van der Waals surface area (Å²) in [7, 11) is 0. The van der Waals surface area contributed by atoms with Crippen LogP contribution in [0.4, 0.5) is 5.69 Å². The third-order valence-corrected chi connectivity index (χ3v) is 4.74. The molecule has 25 heavy (non-hydrogen) atoms. The van der Waals surface area contributed by atoms with Gasteiger partial charge in [-0.1, -0.05) is 50.6 Å². The lowest BCUT2D eigenvalue weighted by molar-refractivity contribution is -0.104. The number of halogens is 2. The van der Waals surface area contributed by atoms with Gasteiger partial charge in [0.05, 0.1) is 12.2 Å². The van der Waals surface area contributed by atoms with Gasteiger partial charge < -0.3 is 9.64 Å². The number of nitrogens with zero attached hydrogens (tertiary/aromatic N) is 1. The fraction of sp³-hybridized carbons (Fsp3) is 0.0500. The van der Waals surface area contributed by atoms with Crippen molar-refractivity contribution in [1.82, 2.24) is 0 Å². The first-order valence-corrected chi connectivity index (χ1v) is 9.18. The molecular weight excluding hydrogens is 446 g/mol. The smallest absolute Gasteiger partial charge is 0.157 e. The minimum atomic E-state index is 0.514. The molecule has 0 fully saturated rings. The van der Waals surface area contributed by atoms with E-state index in [1.165, 1.54) is 6.08 Å². The van der Waals surface area contributed by atoms with Crippen molar-refractivity contribution in [2.75, 3.05) is 11.4 Å². The average Bonchev–Trinajstić information content (AvgIpc) is 2.61. The number of carbonyl (C=O) groups is 1. The van der Waals surface area contributed by atoms with E-state index in [0.717, 1.165) is 32.2 Å². The minimum Gasteiger partial charge on any atom is -0.458 e. The van der Waals surface area contributed by atoms with Crippen LogP contribution in [0.1, 0.15) is 5.56 Å². The Morgan fingerprint density at radius 3 is 2.20 bits per heavy atom. The number of carbonyl (C=O) groups excluding carboxylic acids is 1. The maximum atomic E-state index is 10.9. The second-order valence-corrected chi connectivity index (χ2v) is 7.25. The van der Waals surface area contributed by atoms with Gasteiger partial charge >= 0.3 is 0 Å². The van der Waals surface area contributed by atoms with E-state index in [-0.39, 0.29) is 0 Å². The van der Waals surface area contributed by atoms with Gasteiger partial charge in [-0.25, -0.2) is 0 Å². The molecule has 0 spiro atoms. The van der Waals surface area contributed by atoms with Crippen molar-refractivity contribution in [1.29, 1.82) is 0 Å². The number of rotatable bonds is 4. The molecule has 0 bridgehead atoms. The van der Waals surface area contributed by atoms with Crippen LogP contribution in [-0.2, 0) is 9.53 Å². The quantitative estimate of drug-likeness (QED) is 0.433. The lowest BCUT2D eigenvalue weighted by atomic mass is 10.1. The molecule has 2 aromatic carbocycles. The van der Waals surface area contributed by atoms with Gasteiger partial charge in [0.25, 0.3) is 0 Å². The monoisotopic (exact) mass is 459 g/mol. The van der Waals surface area contributed by atoms with E-state index >= 15 is 0 Å². The zero-order valence-corrected chi connectivity index (χ0v) is 16.5. The van der Waals surface area contributed by atoms with Crippen molar-refractivity contribution in [3.8, 4) is 0 Å². The summed E-state index contributed by atoms with van der Waals surface area (Å²) in [6.45, 7) is 4.52. The lowest BCUT2D eigenvalue weighted by Crippen LogP contribution is -2.30. The molecule has 126 valence electrons. The minimum absolute atomic E-state index is 0.514. The molecule has 0 saturated carbocycles. The van der Waals surface area contributed by atoms with Crippen LogP contribution in [0.5, 0.6) is 0 Å². The highest BCUT2D eigenvalue weighted by Crippen LogP contribution is 2.35. The maximum Gasteiger partial charge on any atom is 0.157 e. The van der Waals surface area contributed by atoms with Gasteiger partial charge in [-0.15, -0.1) is 0 Å². The summed E-state index contributed by atoms with van der Waals surface area (Å²) < 4.78 is 7.94. The van der Waals surface area contributed by atoms with E-state index in [9.17, 15) is 4.79 Å². The molecule has 3 nitrogen and oxygen atoms in total. The normalized spacial score (nSPS) is 14.8. The SMILES string of the molecule is C=C1CN(c2ccc(Br)cc2)C(/C=C/C=O)=C(c2ccc(Br)cc2)O1. The molecular formula is C20H15Br2NO2. The molecule has 0 amide bonds. The van der Waals surface area contributed by atoms with Crippen LogP contribution in [0, 0.1) is 0 Å². The van der Waals surface area contributed by atoms with Gasteiger partial charge in [0.15, 0.2) is 5.76 Å². The third-order valence-electron chi connectivity index (χ3n) is 3.68. The number of benzene rings is 2. The molecule has 0 atom stereocenters. The van der Waals surface area contributed by atoms with Crippen molar-refractivity contribution in [2.24, 2.45) is 0 Å². The predicted octanol–water partition coefficient (Wildman–Crippen LogP) is 5.69. The van der Waals surface area contributed by atoms with Crippen molar-refractivity contribution in [3.63, 3.8) is 0 Å². The van der Waals surface area contributed by atoms with E-state index in [1.54, 1.807) is 6.08 Å². The fourth-order valence-corrected chi connectivity index (χ4v) is 3.10. The Labute approximate surface area is 163 Å². The molecule has 0 N–H and O–H groups in total. The zero-order chi connectivity index (χ0) is 17.8. The molecule has 2 aromatic rings. The standard InChI is InChI=1S/C20H15Br2NO2/c1-14-13-23(18-10-8-17(22)9-11-18)19(3-2-12-24)20(25-14)15-4-6-16(21)7-5-15/h2-12H,1,13H2/b3-2+. The molecule has 1 heterocycles. The Morgan fingerprint density at radius 2 is 1.60 bits per heavy atom. The molecule has 0 saturated heterocycles. The largest absolute Gasteiger partial charge is 0.458 e. The Bertz CT molecular complexity index is 852. The highest BCUT2D eigenvalue weighted by molar-refractivity contribution is 9.10. The van der Waals surface area contributed by atoms with Crippen LogP contribution in [0.25, 0.3) is 5.76 Å². The summed E-state index contributed by atoms with van der Waals surface area (Å²) in [6, 6.07) is 15.8. The van der Waals surface area contributed by atoms with Crippen molar-refractivity contribution in [3.05, 3.63) is 93.2 Å². The van der Waals surface area contributed by atoms with Crippen LogP contribution in [0.2, 0.25) is 0 Å². The topological polar surface area (TPSA) is 29.5 Å². The summed E-state index contributed by atoms with van der Waals surface area (Å²) in [5.41, 5.74) is 2.72. The number of hydrogen-bond donors (Lipinski definition) is 0. The number of aldehydes is 1. The maximum absolute atomic E-state index is 10.9. The molecule has 3 rings (SSSR count). The van der Waals surface area contributed by atoms with Crippen LogP contribution in [-0.4, -0.2) is 12.8 Å². The Morgan fingerprint density at radius 1 is 1.00 bits per heavy atom. The lowest BCUT2D eigenvalue weighted by Gasteiger charge is -2.33. The van der Waals surface area contributed by atoms with Gasteiger partial charge in [-0.2, -0.15) is 0 Å². The Hall–Kier alpha value is -2.11. The van der Waals surface area contributed by atoms with Gasteiger partial charge in [0.2, 0.25) is 0 Å². The molecule has 0 radical (unpaired) electrons. The highest BCUT2D eigenvalue weighted by atomic mass is 79.9. The van der Waals surface area contributed by atoms with Crippen LogP contribution < -0.4 is 4.90 Å². The molecule has 5 heteroatoms. The zero-order valence-electron chi connectivity index (χ0n) is 13.3. The number of anilines is 1. The Kier molecular flexibility index (Phi) is 5.56. The summed E-state index contributed by atoms with van der Waals surface area (Å²) in [5.74, 6) is 1.31. The first-order chi connectivity index (χ1) is 12.1. The van der Waals surface area contributed by atoms with E-state index < -0.39 is 0 Å². The van der Waals surface area contributed by atoms with Crippen LogP contribution in [0.15, 0.2) is 87.7 Å². The van der Waals surface area contributed by atoms with Crippen molar-refractivity contribution in [2.45, 2.75) is 0 Å². The van der Waals surface area contributed by atoms with Gasteiger partial charge in [0.1, 0.15) is 12.0 Å². The molecule has 1 aliphatic rings. The second-order valence-electron chi connectivity index (χ2n) is 5.42. The van der Waals surface area contributed by atoms with E-state index in [2.05, 4.69) is 43.3 Å². The molecule has 1 aliphatic heterocycles. The number of allylic oxidation sites excluding steroid dienone is 2.